The van der Waals surface area contributed by atoms with Gasteiger partial charge in [0.05, 0.1) is 0 Å². The summed E-state index contributed by atoms with van der Waals surface area (Å²) >= 11 is 1.82. The van der Waals surface area contributed by atoms with Crippen LogP contribution >= 0.6 is 9.69 Å². The van der Waals surface area contributed by atoms with E-state index in [0.717, 1.165) is 12.8 Å². The van der Waals surface area contributed by atoms with E-state index < -0.39 is 0 Å². The van der Waals surface area contributed by atoms with Crippen molar-refractivity contribution in [3.05, 3.63) is 85.7 Å². The topological polar surface area (TPSA) is 0 Å². The predicted octanol–water partition coefficient (Wildman–Crippen LogP) is 6.72. The molecule has 0 aromatic rings. The van der Waals surface area contributed by atoms with Crippen LogP contribution in [0, 0.1) is 49.3 Å². The van der Waals surface area contributed by atoms with E-state index in [9.17, 15) is 0 Å². The van der Waals surface area contributed by atoms with Crippen molar-refractivity contribution in [1.29, 1.82) is 0 Å². The van der Waals surface area contributed by atoms with Crippen molar-refractivity contribution < 1.29 is 17.3 Å². The van der Waals surface area contributed by atoms with Crippen LogP contribution in [-0.2, 0) is 17.3 Å². The third kappa shape index (κ3) is 30.7. The Hall–Kier alpha value is -0.127. The SMILES string of the molecule is [C-]1=CC=CC1.[C-]1=CC=CCCCC1.[CH3-].[CH3-].[CH3-].[CH3-].[CH3-].[Cl][Ru]. The molecule has 0 bridgehead atoms. The van der Waals surface area contributed by atoms with Gasteiger partial charge in [0.2, 0.25) is 0 Å². The number of rotatable bonds is 0. The minimum absolute atomic E-state index is 0. The van der Waals surface area contributed by atoms with Gasteiger partial charge in [0.25, 0.3) is 0 Å². The molecule has 2 rings (SSSR count). The Labute approximate surface area is 144 Å². The predicted molar refractivity (Wildman–Crippen MR) is 94.9 cm³/mol. The van der Waals surface area contributed by atoms with E-state index in [2.05, 4.69) is 40.1 Å². The molecule has 0 saturated carbocycles. The first-order valence-electron chi connectivity index (χ1n) is 5.07. The summed E-state index contributed by atoms with van der Waals surface area (Å²) in [5, 5.41) is 0. The molecule has 0 unspecified atom stereocenters. The van der Waals surface area contributed by atoms with E-state index >= 15 is 0 Å². The molecule has 0 saturated heterocycles. The van der Waals surface area contributed by atoms with Crippen LogP contribution in [0.3, 0.4) is 0 Å². The van der Waals surface area contributed by atoms with E-state index in [4.69, 9.17) is 0 Å². The summed E-state index contributed by atoms with van der Waals surface area (Å²) in [5.41, 5.74) is 0. The van der Waals surface area contributed by atoms with Gasteiger partial charge in [-0.3, -0.25) is 12.2 Å². The second-order valence-electron chi connectivity index (χ2n) is 3.05. The van der Waals surface area contributed by atoms with Gasteiger partial charge >= 0.3 is 27.0 Å². The monoisotopic (exact) mass is 384 g/mol. The quantitative estimate of drug-likeness (QED) is 0.321. The molecule has 125 valence electrons. The summed E-state index contributed by atoms with van der Waals surface area (Å²) in [6, 6.07) is 0. The van der Waals surface area contributed by atoms with Crippen LogP contribution in [0.2, 0.25) is 0 Å². The average molecular weight is 384 g/mol. The van der Waals surface area contributed by atoms with Gasteiger partial charge in [-0.05, 0) is 0 Å². The first kappa shape index (κ1) is 36.8. The van der Waals surface area contributed by atoms with Gasteiger partial charge in [-0.15, -0.1) is 12.8 Å². The van der Waals surface area contributed by atoms with Crippen molar-refractivity contribution in [3.8, 4) is 0 Å². The number of hydrogen-bond acceptors (Lipinski definition) is 0. The van der Waals surface area contributed by atoms with Gasteiger partial charge in [0.1, 0.15) is 0 Å². The number of halogens is 1. The number of allylic oxidation sites excluding steroid dienone is 8. The summed E-state index contributed by atoms with van der Waals surface area (Å²) in [5.74, 6) is 0. The molecule has 20 heavy (non-hydrogen) atoms. The fraction of sp³-hybridized carbons (Fsp3) is 0.278. The molecule has 0 aromatic carbocycles. The Morgan fingerprint density at radius 2 is 1.30 bits per heavy atom. The second-order valence-corrected chi connectivity index (χ2v) is 3.05. The van der Waals surface area contributed by atoms with Crippen molar-refractivity contribution in [2.75, 3.05) is 0 Å². The Balaban J connectivity index is -0.0000000369. The van der Waals surface area contributed by atoms with Crippen LogP contribution < -0.4 is 0 Å². The normalized spacial score (nSPS) is 12.7. The summed E-state index contributed by atoms with van der Waals surface area (Å²) in [7, 11) is 4.57. The summed E-state index contributed by atoms with van der Waals surface area (Å²) < 4.78 is 0. The third-order valence-electron chi connectivity index (χ3n) is 1.88. The van der Waals surface area contributed by atoms with Crippen LogP contribution in [0.4, 0.5) is 0 Å². The maximum absolute atomic E-state index is 4.57. The van der Waals surface area contributed by atoms with Gasteiger partial charge < -0.3 is 37.1 Å². The van der Waals surface area contributed by atoms with E-state index in [1.807, 2.05) is 35.5 Å². The third-order valence-corrected chi connectivity index (χ3v) is 1.88. The molecule has 0 aromatic heterocycles. The van der Waals surface area contributed by atoms with Gasteiger partial charge in [0, 0.05) is 0 Å². The standard InChI is InChI=1S/C8H11.C5H5.5CH3.ClH.Ru/c1-2-4-6-8-7-5-3-1;1-2-4-5-3-1;;;;;;;/h1-3H,4,6-8H2;1-3H,4H2;5*1H3;1H;/q7*-1;;+1/p-1. The molecule has 0 radical (unpaired) electrons. The first-order valence-corrected chi connectivity index (χ1v) is 7.31. The van der Waals surface area contributed by atoms with E-state index in [-0.39, 0.29) is 37.1 Å². The van der Waals surface area contributed by atoms with E-state index in [1.54, 1.807) is 0 Å². The van der Waals surface area contributed by atoms with E-state index in [1.165, 1.54) is 19.3 Å². The molecule has 2 aliphatic carbocycles. The minimum atomic E-state index is 0. The molecular formula is C18H31ClRu-7. The van der Waals surface area contributed by atoms with Crippen LogP contribution in [0.25, 0.3) is 0 Å². The Morgan fingerprint density at radius 1 is 0.750 bits per heavy atom. The van der Waals surface area contributed by atoms with Gasteiger partial charge in [0.15, 0.2) is 0 Å². The molecule has 2 heteroatoms. The van der Waals surface area contributed by atoms with Crippen LogP contribution in [0.1, 0.15) is 32.1 Å². The summed E-state index contributed by atoms with van der Waals surface area (Å²) in [4.78, 5) is 0. The fourth-order valence-corrected chi connectivity index (χ4v) is 1.15. The zero-order valence-corrected chi connectivity index (χ0v) is 16.2. The van der Waals surface area contributed by atoms with Crippen LogP contribution in [0.15, 0.2) is 36.5 Å². The van der Waals surface area contributed by atoms with Crippen molar-refractivity contribution in [2.24, 2.45) is 0 Å². The molecule has 0 amide bonds. The van der Waals surface area contributed by atoms with Crippen molar-refractivity contribution in [1.82, 2.24) is 0 Å². The Morgan fingerprint density at radius 3 is 1.75 bits per heavy atom. The average Bonchev–Trinajstić information content (AvgIpc) is 2.77. The molecule has 0 fully saturated rings. The second kappa shape index (κ2) is 36.4. The van der Waals surface area contributed by atoms with E-state index in [0.29, 0.717) is 0 Å². The van der Waals surface area contributed by atoms with Crippen molar-refractivity contribution in [2.45, 2.75) is 32.1 Å². The summed E-state index contributed by atoms with van der Waals surface area (Å²) in [6.45, 7) is 0. The Bertz CT molecular complexity index is 204. The summed E-state index contributed by atoms with van der Waals surface area (Å²) in [6.07, 6.45) is 24.5. The number of hydrogen-bond donors (Lipinski definition) is 0. The molecule has 0 heterocycles. The fourth-order valence-electron chi connectivity index (χ4n) is 1.15. The molecule has 0 N–H and O–H groups in total. The molecule has 0 atom stereocenters. The van der Waals surface area contributed by atoms with Crippen LogP contribution in [0.5, 0.6) is 0 Å². The molecule has 2 aliphatic rings. The Kier molecular flexibility index (Phi) is 66.9. The van der Waals surface area contributed by atoms with Crippen LogP contribution in [-0.4, -0.2) is 0 Å². The van der Waals surface area contributed by atoms with Crippen molar-refractivity contribution >= 4 is 9.69 Å². The maximum atomic E-state index is 4.57. The van der Waals surface area contributed by atoms with Crippen molar-refractivity contribution in [3.63, 3.8) is 0 Å². The first-order chi connectivity index (χ1) is 7.50. The zero-order valence-electron chi connectivity index (χ0n) is 13.7. The van der Waals surface area contributed by atoms with Gasteiger partial charge in [-0.1, -0.05) is 19.3 Å². The molecule has 0 spiro atoms. The van der Waals surface area contributed by atoms with Gasteiger partial charge in [-0.2, -0.15) is 12.2 Å². The molecule has 0 nitrogen and oxygen atoms in total. The zero-order chi connectivity index (χ0) is 11.2. The van der Waals surface area contributed by atoms with Gasteiger partial charge in [-0.25, -0.2) is 24.3 Å². The molecular weight excluding hydrogens is 353 g/mol. The molecule has 0 aliphatic heterocycles.